The molecule has 0 atom stereocenters. The minimum Gasteiger partial charge on any atom is -0.356 e. The fourth-order valence-corrected chi connectivity index (χ4v) is 3.89. The summed E-state index contributed by atoms with van der Waals surface area (Å²) in [7, 11) is 1.81. The van der Waals surface area contributed by atoms with E-state index < -0.39 is 0 Å². The molecule has 0 radical (unpaired) electrons. The lowest BCUT2D eigenvalue weighted by Gasteiger charge is -2.41. The first kappa shape index (κ1) is 22.8. The Kier molecular flexibility index (Phi) is 8.85. The van der Waals surface area contributed by atoms with Crippen molar-refractivity contribution >= 4 is 41.7 Å². The Morgan fingerprint density at radius 2 is 1.93 bits per heavy atom. The number of nitrogens with one attached hydrogen (secondary N) is 3. The summed E-state index contributed by atoms with van der Waals surface area (Å²) in [5.74, 6) is 0.834. The van der Waals surface area contributed by atoms with Crippen LogP contribution in [0.2, 0.25) is 0 Å². The average molecular weight is 499 g/mol. The van der Waals surface area contributed by atoms with Crippen molar-refractivity contribution < 1.29 is 4.79 Å². The third-order valence-electron chi connectivity index (χ3n) is 6.05. The van der Waals surface area contributed by atoms with Gasteiger partial charge >= 0.3 is 6.03 Å². The second-order valence-electron chi connectivity index (χ2n) is 7.81. The number of urea groups is 1. The second kappa shape index (κ2) is 10.9. The molecular formula is C21H34IN5O. The highest BCUT2D eigenvalue weighted by atomic mass is 127. The van der Waals surface area contributed by atoms with Gasteiger partial charge in [-0.1, -0.05) is 25.5 Å². The van der Waals surface area contributed by atoms with E-state index in [1.54, 1.807) is 7.05 Å². The standard InChI is InChI=1S/C21H33N5O.HI/c1-3-21(10-7-11-21)16-24-19(22-2)23-15-17-8-6-9-18(14-17)25-20(27)26-12-4-5-13-26;/h6,8-9,14H,3-5,7,10-13,15-16H2,1-2H3,(H,25,27)(H2,22,23,24);1H. The first-order valence-corrected chi connectivity index (χ1v) is 10.2. The number of guanidine groups is 1. The monoisotopic (exact) mass is 499 g/mol. The highest BCUT2D eigenvalue weighted by Crippen LogP contribution is 2.42. The van der Waals surface area contributed by atoms with Crippen molar-refractivity contribution in [1.82, 2.24) is 15.5 Å². The van der Waals surface area contributed by atoms with E-state index in [4.69, 9.17) is 0 Å². The van der Waals surface area contributed by atoms with Gasteiger partial charge in [0.1, 0.15) is 0 Å². The fourth-order valence-electron chi connectivity index (χ4n) is 3.89. The van der Waals surface area contributed by atoms with E-state index in [0.717, 1.165) is 49.7 Å². The van der Waals surface area contributed by atoms with E-state index in [0.29, 0.717) is 12.0 Å². The number of anilines is 1. The highest BCUT2D eigenvalue weighted by Gasteiger charge is 2.34. The molecule has 1 aliphatic heterocycles. The van der Waals surface area contributed by atoms with E-state index in [1.165, 1.54) is 25.7 Å². The molecule has 1 saturated carbocycles. The zero-order chi connectivity index (χ0) is 19.1. The number of hydrogen-bond donors (Lipinski definition) is 3. The third-order valence-corrected chi connectivity index (χ3v) is 6.05. The average Bonchev–Trinajstić information content (AvgIpc) is 3.19. The van der Waals surface area contributed by atoms with Crippen molar-refractivity contribution in [2.45, 2.75) is 52.0 Å². The molecule has 7 heteroatoms. The summed E-state index contributed by atoms with van der Waals surface area (Å²) in [4.78, 5) is 18.5. The van der Waals surface area contributed by atoms with Crippen LogP contribution in [0, 0.1) is 5.41 Å². The van der Waals surface area contributed by atoms with Crippen LogP contribution in [-0.2, 0) is 6.54 Å². The van der Waals surface area contributed by atoms with Crippen molar-refractivity contribution in [2.75, 3.05) is 32.0 Å². The van der Waals surface area contributed by atoms with Crippen LogP contribution in [-0.4, -0.2) is 43.6 Å². The van der Waals surface area contributed by atoms with E-state index in [-0.39, 0.29) is 30.0 Å². The quantitative estimate of drug-likeness (QED) is 0.313. The molecule has 2 amide bonds. The maximum Gasteiger partial charge on any atom is 0.321 e. The van der Waals surface area contributed by atoms with Crippen LogP contribution in [0.1, 0.15) is 51.0 Å². The molecule has 1 aromatic rings. The molecule has 0 unspecified atom stereocenters. The first-order chi connectivity index (χ1) is 13.1. The smallest absolute Gasteiger partial charge is 0.321 e. The summed E-state index contributed by atoms with van der Waals surface area (Å²) >= 11 is 0. The number of benzene rings is 1. The number of likely N-dealkylation sites (tertiary alicyclic amines) is 1. The number of carbonyl (C=O) groups is 1. The SMILES string of the molecule is CCC1(CNC(=NC)NCc2cccc(NC(=O)N3CCCC3)c2)CCC1.I. The van der Waals surface area contributed by atoms with Crippen LogP contribution in [0.4, 0.5) is 10.5 Å². The second-order valence-corrected chi connectivity index (χ2v) is 7.81. The molecule has 2 aliphatic rings. The number of halogens is 1. The molecule has 0 bridgehead atoms. The van der Waals surface area contributed by atoms with Gasteiger partial charge in [0.15, 0.2) is 5.96 Å². The van der Waals surface area contributed by atoms with Crippen molar-refractivity contribution in [3.05, 3.63) is 29.8 Å². The van der Waals surface area contributed by atoms with Crippen LogP contribution in [0.15, 0.2) is 29.3 Å². The topological polar surface area (TPSA) is 68.8 Å². The molecule has 6 nitrogen and oxygen atoms in total. The zero-order valence-corrected chi connectivity index (χ0v) is 19.4. The summed E-state index contributed by atoms with van der Waals surface area (Å²) in [5.41, 5.74) is 2.41. The summed E-state index contributed by atoms with van der Waals surface area (Å²) in [6.45, 7) is 5.64. The minimum absolute atomic E-state index is 0. The Morgan fingerprint density at radius 3 is 2.54 bits per heavy atom. The largest absolute Gasteiger partial charge is 0.356 e. The summed E-state index contributed by atoms with van der Waals surface area (Å²) < 4.78 is 0. The van der Waals surface area contributed by atoms with Gasteiger partial charge in [-0.05, 0) is 55.2 Å². The van der Waals surface area contributed by atoms with E-state index >= 15 is 0 Å². The highest BCUT2D eigenvalue weighted by molar-refractivity contribution is 14.0. The molecule has 3 N–H and O–H groups in total. The molecular weight excluding hydrogens is 465 g/mol. The van der Waals surface area contributed by atoms with Gasteiger partial charge in [-0.3, -0.25) is 4.99 Å². The maximum absolute atomic E-state index is 12.3. The van der Waals surface area contributed by atoms with E-state index in [9.17, 15) is 4.79 Å². The molecule has 1 aliphatic carbocycles. The predicted molar refractivity (Wildman–Crippen MR) is 126 cm³/mol. The van der Waals surface area contributed by atoms with Gasteiger partial charge in [-0.2, -0.15) is 0 Å². The molecule has 2 fully saturated rings. The van der Waals surface area contributed by atoms with Crippen LogP contribution in [0.5, 0.6) is 0 Å². The van der Waals surface area contributed by atoms with Gasteiger partial charge in [0, 0.05) is 38.9 Å². The lowest BCUT2D eigenvalue weighted by atomic mass is 9.67. The van der Waals surface area contributed by atoms with E-state index in [1.807, 2.05) is 23.1 Å². The maximum atomic E-state index is 12.3. The van der Waals surface area contributed by atoms with Crippen LogP contribution in [0.25, 0.3) is 0 Å². The molecule has 0 spiro atoms. The number of rotatable bonds is 6. The number of hydrogen-bond acceptors (Lipinski definition) is 2. The Bertz CT molecular complexity index is 663. The third kappa shape index (κ3) is 5.99. The Morgan fingerprint density at radius 1 is 1.18 bits per heavy atom. The summed E-state index contributed by atoms with van der Waals surface area (Å²) in [6, 6.07) is 8.00. The van der Waals surface area contributed by atoms with Crippen LogP contribution in [0.3, 0.4) is 0 Å². The zero-order valence-electron chi connectivity index (χ0n) is 17.1. The number of aliphatic imine (C=N–C) groups is 1. The molecule has 3 rings (SSSR count). The normalized spacial score (nSPS) is 18.1. The van der Waals surface area contributed by atoms with Crippen molar-refractivity contribution in [3.63, 3.8) is 0 Å². The molecule has 28 heavy (non-hydrogen) atoms. The molecule has 1 heterocycles. The van der Waals surface area contributed by atoms with Crippen molar-refractivity contribution in [3.8, 4) is 0 Å². The first-order valence-electron chi connectivity index (χ1n) is 10.2. The van der Waals surface area contributed by atoms with Crippen molar-refractivity contribution in [2.24, 2.45) is 10.4 Å². The van der Waals surface area contributed by atoms with Crippen LogP contribution < -0.4 is 16.0 Å². The lowest BCUT2D eigenvalue weighted by molar-refractivity contribution is 0.131. The minimum atomic E-state index is 0. The summed E-state index contributed by atoms with van der Waals surface area (Å²) in [6.07, 6.45) is 7.39. The molecule has 156 valence electrons. The molecule has 1 aromatic carbocycles. The molecule has 1 saturated heterocycles. The van der Waals surface area contributed by atoms with Crippen LogP contribution >= 0.6 is 24.0 Å². The summed E-state index contributed by atoms with van der Waals surface area (Å²) in [5, 5.41) is 9.87. The van der Waals surface area contributed by atoms with Crippen molar-refractivity contribution in [1.29, 1.82) is 0 Å². The number of nitrogens with zero attached hydrogens (tertiary/aromatic N) is 2. The van der Waals surface area contributed by atoms with Gasteiger partial charge in [-0.25, -0.2) is 4.79 Å². The lowest BCUT2D eigenvalue weighted by Crippen LogP contribution is -2.46. The van der Waals surface area contributed by atoms with E-state index in [2.05, 4.69) is 33.9 Å². The van der Waals surface area contributed by atoms with Gasteiger partial charge in [-0.15, -0.1) is 24.0 Å². The fraction of sp³-hybridized carbons (Fsp3) is 0.619. The number of carbonyl (C=O) groups excluding carboxylic acids is 1. The Hall–Kier alpha value is -1.51. The van der Waals surface area contributed by atoms with Gasteiger partial charge in [0.25, 0.3) is 0 Å². The van der Waals surface area contributed by atoms with Gasteiger partial charge in [0.2, 0.25) is 0 Å². The Labute approximate surface area is 186 Å². The number of amides is 2. The molecule has 0 aromatic heterocycles. The van der Waals surface area contributed by atoms with Gasteiger partial charge in [0.05, 0.1) is 0 Å². The van der Waals surface area contributed by atoms with Gasteiger partial charge < -0.3 is 20.9 Å². The Balaban J connectivity index is 0.00000280. The predicted octanol–water partition coefficient (Wildman–Crippen LogP) is 4.18.